The standard InChI is InChI=1S/C19H30N4O4.HI/c1-19(2,3)27-18(24)22-9-8-21-17(20-4)23-13-14-6-7-15-16(12-14)26-11-5-10-25-15;/h6-7,12H,5,8-11,13H2,1-4H3,(H,22,24)(H2,20,21,23);1H. The number of fused-ring (bicyclic) bond motifs is 1. The smallest absolute Gasteiger partial charge is 0.407 e. The lowest BCUT2D eigenvalue weighted by atomic mass is 10.2. The van der Waals surface area contributed by atoms with Gasteiger partial charge in [-0.1, -0.05) is 6.07 Å². The van der Waals surface area contributed by atoms with E-state index in [0.29, 0.717) is 38.8 Å². The number of ether oxygens (including phenoxy) is 3. The van der Waals surface area contributed by atoms with Crippen LogP contribution in [-0.4, -0.2) is 51.0 Å². The average Bonchev–Trinajstić information content (AvgIpc) is 2.84. The van der Waals surface area contributed by atoms with E-state index < -0.39 is 11.7 Å². The Morgan fingerprint density at radius 2 is 1.79 bits per heavy atom. The number of hydrogen-bond donors (Lipinski definition) is 3. The number of guanidine groups is 1. The van der Waals surface area contributed by atoms with Crippen LogP contribution in [0.25, 0.3) is 0 Å². The van der Waals surface area contributed by atoms with Gasteiger partial charge in [-0.2, -0.15) is 0 Å². The van der Waals surface area contributed by atoms with Gasteiger partial charge in [0.05, 0.1) is 13.2 Å². The molecule has 2 rings (SSSR count). The highest BCUT2D eigenvalue weighted by molar-refractivity contribution is 14.0. The SMILES string of the molecule is CN=C(NCCNC(=O)OC(C)(C)C)NCc1ccc2c(c1)OCCCO2.I. The van der Waals surface area contributed by atoms with Crippen LogP contribution in [0.3, 0.4) is 0 Å². The normalized spacial score (nSPS) is 13.6. The van der Waals surface area contributed by atoms with E-state index in [1.807, 2.05) is 39.0 Å². The highest BCUT2D eigenvalue weighted by Gasteiger charge is 2.15. The van der Waals surface area contributed by atoms with Crippen LogP contribution in [0.4, 0.5) is 4.79 Å². The Labute approximate surface area is 183 Å². The Morgan fingerprint density at radius 3 is 2.46 bits per heavy atom. The molecule has 0 aliphatic carbocycles. The molecule has 0 spiro atoms. The van der Waals surface area contributed by atoms with Gasteiger partial charge in [0.1, 0.15) is 5.60 Å². The molecule has 0 fully saturated rings. The molecule has 8 nitrogen and oxygen atoms in total. The largest absolute Gasteiger partial charge is 0.490 e. The predicted molar refractivity (Wildman–Crippen MR) is 120 cm³/mol. The van der Waals surface area contributed by atoms with Gasteiger partial charge in [-0.15, -0.1) is 24.0 Å². The number of carbonyl (C=O) groups excluding carboxylic acids is 1. The monoisotopic (exact) mass is 506 g/mol. The Balaban J connectivity index is 0.00000392. The first-order chi connectivity index (χ1) is 12.9. The number of aliphatic imine (C=N–C) groups is 1. The molecule has 9 heteroatoms. The lowest BCUT2D eigenvalue weighted by Crippen LogP contribution is -2.42. The molecular weight excluding hydrogens is 475 g/mol. The van der Waals surface area contributed by atoms with Gasteiger partial charge in [-0.05, 0) is 38.5 Å². The summed E-state index contributed by atoms with van der Waals surface area (Å²) in [6, 6.07) is 5.90. The minimum Gasteiger partial charge on any atom is -0.490 e. The molecule has 0 saturated carbocycles. The molecule has 1 aliphatic rings. The van der Waals surface area contributed by atoms with Crippen molar-refractivity contribution in [1.82, 2.24) is 16.0 Å². The molecular formula is C19H31IN4O4. The van der Waals surface area contributed by atoms with Gasteiger partial charge in [0, 0.05) is 33.1 Å². The number of carbonyl (C=O) groups is 1. The molecule has 1 aromatic carbocycles. The fraction of sp³-hybridized carbons (Fsp3) is 0.579. The van der Waals surface area contributed by atoms with Crippen LogP contribution < -0.4 is 25.4 Å². The molecule has 0 unspecified atom stereocenters. The molecule has 3 N–H and O–H groups in total. The summed E-state index contributed by atoms with van der Waals surface area (Å²) in [6.07, 6.45) is 0.454. The lowest BCUT2D eigenvalue weighted by molar-refractivity contribution is 0.0529. The molecule has 0 saturated heterocycles. The second-order valence-corrected chi connectivity index (χ2v) is 7.11. The topological polar surface area (TPSA) is 93.2 Å². The lowest BCUT2D eigenvalue weighted by Gasteiger charge is -2.20. The van der Waals surface area contributed by atoms with Gasteiger partial charge in [0.15, 0.2) is 17.5 Å². The van der Waals surface area contributed by atoms with Crippen molar-refractivity contribution in [2.45, 2.75) is 39.3 Å². The van der Waals surface area contributed by atoms with E-state index >= 15 is 0 Å². The van der Waals surface area contributed by atoms with E-state index in [1.54, 1.807) is 7.05 Å². The first-order valence-corrected chi connectivity index (χ1v) is 9.17. The Morgan fingerprint density at radius 1 is 1.11 bits per heavy atom. The highest BCUT2D eigenvalue weighted by atomic mass is 127. The Hall–Kier alpha value is -1.91. The highest BCUT2D eigenvalue weighted by Crippen LogP contribution is 2.30. The summed E-state index contributed by atoms with van der Waals surface area (Å²) in [7, 11) is 1.70. The number of alkyl carbamates (subject to hydrolysis) is 1. The zero-order valence-electron chi connectivity index (χ0n) is 17.0. The first kappa shape index (κ1) is 24.1. The van der Waals surface area contributed by atoms with Crippen molar-refractivity contribution in [3.8, 4) is 11.5 Å². The molecule has 1 aromatic rings. The molecule has 1 amide bonds. The minimum atomic E-state index is -0.502. The van der Waals surface area contributed by atoms with Crippen LogP contribution in [0.15, 0.2) is 23.2 Å². The number of nitrogens with zero attached hydrogens (tertiary/aromatic N) is 1. The maximum atomic E-state index is 11.6. The van der Waals surface area contributed by atoms with Crippen LogP contribution in [0.1, 0.15) is 32.8 Å². The van der Waals surface area contributed by atoms with E-state index in [2.05, 4.69) is 20.9 Å². The number of rotatable bonds is 5. The van der Waals surface area contributed by atoms with Gasteiger partial charge in [-0.3, -0.25) is 4.99 Å². The van der Waals surface area contributed by atoms with Gasteiger partial charge < -0.3 is 30.2 Å². The van der Waals surface area contributed by atoms with Crippen LogP contribution in [0.5, 0.6) is 11.5 Å². The van der Waals surface area contributed by atoms with Gasteiger partial charge in [-0.25, -0.2) is 4.79 Å². The van der Waals surface area contributed by atoms with E-state index in [-0.39, 0.29) is 24.0 Å². The average molecular weight is 506 g/mol. The van der Waals surface area contributed by atoms with Crippen molar-refractivity contribution >= 4 is 36.0 Å². The fourth-order valence-corrected chi connectivity index (χ4v) is 2.38. The number of halogens is 1. The van der Waals surface area contributed by atoms with Crippen molar-refractivity contribution in [3.63, 3.8) is 0 Å². The maximum Gasteiger partial charge on any atom is 0.407 e. The third kappa shape index (κ3) is 8.85. The first-order valence-electron chi connectivity index (χ1n) is 9.17. The van der Waals surface area contributed by atoms with E-state index in [1.165, 1.54) is 0 Å². The van der Waals surface area contributed by atoms with Crippen LogP contribution in [0, 0.1) is 0 Å². The van der Waals surface area contributed by atoms with E-state index in [0.717, 1.165) is 23.5 Å². The van der Waals surface area contributed by atoms with Gasteiger partial charge in [0.25, 0.3) is 0 Å². The predicted octanol–water partition coefficient (Wildman–Crippen LogP) is 2.66. The third-order valence-electron chi connectivity index (χ3n) is 3.58. The number of benzene rings is 1. The van der Waals surface area contributed by atoms with Crippen LogP contribution in [-0.2, 0) is 11.3 Å². The van der Waals surface area contributed by atoms with Gasteiger partial charge >= 0.3 is 6.09 Å². The van der Waals surface area contributed by atoms with Crippen molar-refractivity contribution in [3.05, 3.63) is 23.8 Å². The summed E-state index contributed by atoms with van der Waals surface area (Å²) < 4.78 is 16.5. The molecule has 1 heterocycles. The summed E-state index contributed by atoms with van der Waals surface area (Å²) in [5, 5.41) is 9.07. The molecule has 0 radical (unpaired) electrons. The van der Waals surface area contributed by atoms with E-state index in [9.17, 15) is 4.79 Å². The molecule has 158 valence electrons. The van der Waals surface area contributed by atoms with Crippen molar-refractivity contribution in [2.24, 2.45) is 4.99 Å². The third-order valence-corrected chi connectivity index (χ3v) is 3.58. The van der Waals surface area contributed by atoms with Crippen molar-refractivity contribution in [1.29, 1.82) is 0 Å². The number of nitrogens with one attached hydrogen (secondary N) is 3. The van der Waals surface area contributed by atoms with Crippen LogP contribution >= 0.6 is 24.0 Å². The molecule has 0 aromatic heterocycles. The minimum absolute atomic E-state index is 0. The maximum absolute atomic E-state index is 11.6. The zero-order chi connectivity index (χ0) is 19.7. The number of amides is 1. The van der Waals surface area contributed by atoms with Crippen LogP contribution in [0.2, 0.25) is 0 Å². The van der Waals surface area contributed by atoms with E-state index in [4.69, 9.17) is 14.2 Å². The summed E-state index contributed by atoms with van der Waals surface area (Å²) in [5.74, 6) is 2.20. The Kier molecular flexibility index (Phi) is 10.2. The summed E-state index contributed by atoms with van der Waals surface area (Å²) in [4.78, 5) is 15.8. The number of hydrogen-bond acceptors (Lipinski definition) is 5. The van der Waals surface area contributed by atoms with Crippen molar-refractivity contribution < 1.29 is 19.0 Å². The zero-order valence-corrected chi connectivity index (χ0v) is 19.3. The summed E-state index contributed by atoms with van der Waals surface area (Å²) in [5.41, 5.74) is 0.562. The second kappa shape index (κ2) is 11.8. The molecule has 0 bridgehead atoms. The van der Waals surface area contributed by atoms with Gasteiger partial charge in [0.2, 0.25) is 0 Å². The molecule has 28 heavy (non-hydrogen) atoms. The summed E-state index contributed by atoms with van der Waals surface area (Å²) in [6.45, 7) is 8.38. The quantitative estimate of drug-likeness (QED) is 0.246. The fourth-order valence-electron chi connectivity index (χ4n) is 2.38. The second-order valence-electron chi connectivity index (χ2n) is 7.11. The Bertz CT molecular complexity index is 662. The van der Waals surface area contributed by atoms with Crippen molar-refractivity contribution in [2.75, 3.05) is 33.4 Å². The molecule has 0 atom stereocenters. The summed E-state index contributed by atoms with van der Waals surface area (Å²) >= 11 is 0. The molecule has 1 aliphatic heterocycles.